The monoisotopic (exact) mass is 421 g/mol. The highest BCUT2D eigenvalue weighted by Crippen LogP contribution is 2.30. The number of hydrogen-bond acceptors (Lipinski definition) is 4. The van der Waals surface area contributed by atoms with Gasteiger partial charge in [-0.1, -0.05) is 24.3 Å². The van der Waals surface area contributed by atoms with Crippen molar-refractivity contribution in [3.63, 3.8) is 0 Å². The van der Waals surface area contributed by atoms with E-state index in [0.717, 1.165) is 24.5 Å². The van der Waals surface area contributed by atoms with Crippen LogP contribution in [0.2, 0.25) is 0 Å². The second kappa shape index (κ2) is 7.22. The minimum Gasteiger partial charge on any atom is -0.277 e. The van der Waals surface area contributed by atoms with Crippen LogP contribution in [0.3, 0.4) is 0 Å². The highest BCUT2D eigenvalue weighted by atomic mass is 32.2. The molecule has 1 N–H and O–H groups in total. The van der Waals surface area contributed by atoms with Gasteiger partial charge in [-0.15, -0.1) is 0 Å². The van der Waals surface area contributed by atoms with Crippen molar-refractivity contribution in [1.29, 1.82) is 0 Å². The first kappa shape index (κ1) is 19.8. The summed E-state index contributed by atoms with van der Waals surface area (Å²) in [5.74, 6) is -2.04. The molecule has 0 aliphatic heterocycles. The second-order valence-electron chi connectivity index (χ2n) is 5.86. The van der Waals surface area contributed by atoms with Crippen molar-refractivity contribution >= 4 is 25.5 Å². The van der Waals surface area contributed by atoms with Crippen LogP contribution in [0.4, 0.5) is 14.5 Å². The number of hydrogen-bond donors (Lipinski definition) is 1. The SMILES string of the molecule is CS(=O)(=O)c1ccccc1S(=O)(=O)Nc1cc(-c2cc#ccc2)c(F)cc1F. The maximum Gasteiger partial charge on any atom is 0.263 e. The van der Waals surface area contributed by atoms with E-state index in [2.05, 4.69) is 12.1 Å². The lowest BCUT2D eigenvalue weighted by molar-refractivity contribution is 0.582. The summed E-state index contributed by atoms with van der Waals surface area (Å²) in [6, 6.07) is 16.1. The van der Waals surface area contributed by atoms with Crippen molar-refractivity contribution < 1.29 is 25.6 Å². The fourth-order valence-corrected chi connectivity index (χ4v) is 5.23. The molecule has 0 heterocycles. The average Bonchev–Trinajstić information content (AvgIpc) is 2.64. The van der Waals surface area contributed by atoms with Crippen LogP contribution >= 0.6 is 0 Å². The standard InChI is InChI=1S/C19H13F2NO4S2/c1-27(23,24)18-9-5-6-10-19(18)28(25,26)22-17-11-14(15(20)12-16(17)21)13-7-3-2-4-8-13/h3,5-12,22H,1H3. The molecule has 0 saturated carbocycles. The van der Waals surface area contributed by atoms with Crippen LogP contribution in [0.5, 0.6) is 0 Å². The molecule has 0 aliphatic rings. The molecule has 0 radical (unpaired) electrons. The summed E-state index contributed by atoms with van der Waals surface area (Å²) in [5, 5.41) is 0. The molecule has 3 aromatic rings. The second-order valence-corrected chi connectivity index (χ2v) is 9.49. The first-order valence-electron chi connectivity index (χ1n) is 7.79. The van der Waals surface area contributed by atoms with Gasteiger partial charge in [-0.05, 0) is 42.0 Å². The molecule has 0 aromatic heterocycles. The predicted octanol–water partition coefficient (Wildman–Crippen LogP) is 3.44. The third kappa shape index (κ3) is 3.98. The Balaban J connectivity index is 2.10. The van der Waals surface area contributed by atoms with E-state index in [1.807, 2.05) is 4.72 Å². The van der Waals surface area contributed by atoms with Crippen LogP contribution in [0.15, 0.2) is 64.4 Å². The smallest absolute Gasteiger partial charge is 0.263 e. The van der Waals surface area contributed by atoms with Gasteiger partial charge in [0.25, 0.3) is 10.0 Å². The topological polar surface area (TPSA) is 80.3 Å². The molecule has 0 unspecified atom stereocenters. The van der Waals surface area contributed by atoms with Crippen LogP contribution in [-0.4, -0.2) is 23.1 Å². The molecule has 28 heavy (non-hydrogen) atoms. The molecule has 0 bridgehead atoms. The molecule has 0 spiro atoms. The normalized spacial score (nSPS) is 11.7. The zero-order valence-electron chi connectivity index (χ0n) is 14.4. The minimum absolute atomic E-state index is 0.0549. The number of halogens is 2. The zero-order valence-corrected chi connectivity index (χ0v) is 16.0. The number of sulfonamides is 1. The Bertz CT molecular complexity index is 1240. The van der Waals surface area contributed by atoms with E-state index < -0.39 is 47.0 Å². The lowest BCUT2D eigenvalue weighted by Crippen LogP contribution is -2.17. The molecule has 0 amide bonds. The summed E-state index contributed by atoms with van der Waals surface area (Å²) >= 11 is 0. The molecule has 0 saturated heterocycles. The van der Waals surface area contributed by atoms with Gasteiger partial charge in [-0.3, -0.25) is 4.72 Å². The number of sulfone groups is 1. The van der Waals surface area contributed by atoms with Crippen molar-refractivity contribution in [3.05, 3.63) is 78.4 Å². The van der Waals surface area contributed by atoms with Gasteiger partial charge in [0.1, 0.15) is 16.5 Å². The van der Waals surface area contributed by atoms with Crippen LogP contribution in [0.1, 0.15) is 0 Å². The molecular formula is C19H13F2NO4S2. The van der Waals surface area contributed by atoms with E-state index in [1.54, 1.807) is 0 Å². The van der Waals surface area contributed by atoms with E-state index in [4.69, 9.17) is 0 Å². The Kier molecular flexibility index (Phi) is 5.10. The van der Waals surface area contributed by atoms with E-state index >= 15 is 0 Å². The first-order valence-corrected chi connectivity index (χ1v) is 11.2. The van der Waals surface area contributed by atoms with Crippen molar-refractivity contribution in [2.24, 2.45) is 0 Å². The largest absolute Gasteiger partial charge is 0.277 e. The lowest BCUT2D eigenvalue weighted by Gasteiger charge is -2.13. The molecule has 144 valence electrons. The van der Waals surface area contributed by atoms with Gasteiger partial charge >= 0.3 is 0 Å². The Labute approximate surface area is 161 Å². The van der Waals surface area contributed by atoms with Crippen molar-refractivity contribution in [1.82, 2.24) is 0 Å². The highest BCUT2D eigenvalue weighted by molar-refractivity contribution is 7.95. The average molecular weight is 421 g/mol. The van der Waals surface area contributed by atoms with Crippen molar-refractivity contribution in [2.75, 3.05) is 11.0 Å². The number of rotatable bonds is 5. The Morgan fingerprint density at radius 2 is 1.57 bits per heavy atom. The van der Waals surface area contributed by atoms with Gasteiger partial charge < -0.3 is 0 Å². The molecule has 9 heteroatoms. The van der Waals surface area contributed by atoms with Gasteiger partial charge in [0.15, 0.2) is 9.84 Å². The summed E-state index contributed by atoms with van der Waals surface area (Å²) < 4.78 is 79.6. The minimum atomic E-state index is -4.47. The van der Waals surface area contributed by atoms with Crippen LogP contribution < -0.4 is 4.72 Å². The maximum atomic E-state index is 14.2. The fourth-order valence-electron chi connectivity index (χ4n) is 2.54. The third-order valence-corrected chi connectivity index (χ3v) is 6.52. The summed E-state index contributed by atoms with van der Waals surface area (Å²) in [7, 11) is -8.32. The van der Waals surface area contributed by atoms with Gasteiger partial charge in [0.05, 0.1) is 10.6 Å². The Morgan fingerprint density at radius 1 is 0.893 bits per heavy atom. The number of benzene rings is 2. The molecular weight excluding hydrogens is 408 g/mol. The van der Waals surface area contributed by atoms with Crippen LogP contribution in [-0.2, 0) is 19.9 Å². The molecule has 0 atom stereocenters. The van der Waals surface area contributed by atoms with Crippen LogP contribution in [0, 0.1) is 23.8 Å². The van der Waals surface area contributed by atoms with Crippen molar-refractivity contribution in [3.8, 4) is 11.1 Å². The molecule has 5 nitrogen and oxygen atoms in total. The van der Waals surface area contributed by atoms with Crippen molar-refractivity contribution in [2.45, 2.75) is 9.79 Å². The summed E-state index contributed by atoms with van der Waals surface area (Å²) in [5.41, 5.74) is -0.235. The van der Waals surface area contributed by atoms with E-state index in [1.165, 1.54) is 30.3 Å². The quantitative estimate of drug-likeness (QED) is 0.685. The summed E-state index contributed by atoms with van der Waals surface area (Å²) in [4.78, 5) is -0.969. The van der Waals surface area contributed by atoms with Gasteiger partial charge in [-0.2, -0.15) is 0 Å². The first-order chi connectivity index (χ1) is 13.1. The molecule has 0 aliphatic carbocycles. The van der Waals surface area contributed by atoms with E-state index in [-0.39, 0.29) is 5.56 Å². The van der Waals surface area contributed by atoms with Gasteiger partial charge in [0.2, 0.25) is 0 Å². The maximum absolute atomic E-state index is 14.2. The zero-order chi connectivity index (χ0) is 20.5. The van der Waals surface area contributed by atoms with E-state index in [9.17, 15) is 25.6 Å². The summed E-state index contributed by atoms with van der Waals surface area (Å²) in [6.45, 7) is 0. The predicted molar refractivity (Wildman–Crippen MR) is 99.8 cm³/mol. The lowest BCUT2D eigenvalue weighted by atomic mass is 10.1. The Hall–Kier alpha value is -2.96. The highest BCUT2D eigenvalue weighted by Gasteiger charge is 2.25. The van der Waals surface area contributed by atoms with Gasteiger partial charge in [0, 0.05) is 17.9 Å². The van der Waals surface area contributed by atoms with Crippen LogP contribution in [0.25, 0.3) is 11.1 Å². The third-order valence-electron chi connectivity index (χ3n) is 3.81. The molecule has 3 aromatic carbocycles. The van der Waals surface area contributed by atoms with E-state index in [0.29, 0.717) is 11.6 Å². The number of anilines is 1. The number of nitrogens with one attached hydrogen (secondary N) is 1. The molecule has 0 fully saturated rings. The summed E-state index contributed by atoms with van der Waals surface area (Å²) in [6.07, 6.45) is 0.862. The Morgan fingerprint density at radius 3 is 2.18 bits per heavy atom. The fraction of sp³-hybridized carbons (Fsp3) is 0.0526. The van der Waals surface area contributed by atoms with Gasteiger partial charge in [-0.25, -0.2) is 25.6 Å². The molecule has 3 rings (SSSR count).